The zero-order valence-corrected chi connectivity index (χ0v) is 20.5. The molecule has 2 saturated heterocycles. The molecule has 3 aliphatic rings. The van der Waals surface area contributed by atoms with E-state index in [0.717, 1.165) is 16.7 Å². The number of ketones is 1. The quantitative estimate of drug-likeness (QED) is 0.380. The highest BCUT2D eigenvalue weighted by Gasteiger charge is 2.64. The number of amides is 2. The molecule has 2 amide bonds. The van der Waals surface area contributed by atoms with Gasteiger partial charge in [-0.15, -0.1) is 0 Å². The molecule has 0 unspecified atom stereocenters. The van der Waals surface area contributed by atoms with Gasteiger partial charge in [-0.2, -0.15) is 0 Å². The molecule has 2 fully saturated rings. The molecule has 7 nitrogen and oxygen atoms in total. The van der Waals surface area contributed by atoms with Gasteiger partial charge in [0, 0.05) is 6.20 Å². The van der Waals surface area contributed by atoms with Crippen molar-refractivity contribution in [2.75, 3.05) is 14.2 Å². The van der Waals surface area contributed by atoms with Crippen LogP contribution in [-0.4, -0.2) is 47.7 Å². The molecule has 0 radical (unpaired) electrons. The van der Waals surface area contributed by atoms with Gasteiger partial charge in [-0.25, -0.2) is 0 Å². The van der Waals surface area contributed by atoms with Crippen LogP contribution in [-0.2, 0) is 16.1 Å². The molecule has 0 aliphatic carbocycles. The van der Waals surface area contributed by atoms with Crippen LogP contribution in [0.1, 0.15) is 33.1 Å². The van der Waals surface area contributed by atoms with Crippen LogP contribution in [0.2, 0.25) is 0 Å². The molecule has 0 bridgehead atoms. The van der Waals surface area contributed by atoms with Crippen molar-refractivity contribution in [3.8, 4) is 11.5 Å². The average Bonchev–Trinajstić information content (AvgIpc) is 3.41. The first kappa shape index (κ1) is 23.0. The monoisotopic (exact) mass is 494 g/mol. The molecule has 3 aromatic rings. The van der Waals surface area contributed by atoms with Gasteiger partial charge in [-0.1, -0.05) is 54.6 Å². The summed E-state index contributed by atoms with van der Waals surface area (Å²) in [4.78, 5) is 45.3. The lowest BCUT2D eigenvalue weighted by atomic mass is 9.83. The highest BCUT2D eigenvalue weighted by Crippen LogP contribution is 2.53. The van der Waals surface area contributed by atoms with Crippen LogP contribution in [0.4, 0.5) is 0 Å². The molecule has 0 N–H and O–H groups in total. The van der Waals surface area contributed by atoms with Crippen molar-refractivity contribution < 1.29 is 23.9 Å². The number of hydrogen-bond donors (Lipinski definition) is 0. The van der Waals surface area contributed by atoms with E-state index < -0.39 is 23.9 Å². The summed E-state index contributed by atoms with van der Waals surface area (Å²) in [7, 11) is 3.03. The van der Waals surface area contributed by atoms with E-state index in [1.807, 2.05) is 71.8 Å². The number of carbonyl (C=O) groups is 3. The van der Waals surface area contributed by atoms with E-state index in [1.54, 1.807) is 18.2 Å². The second-order valence-electron chi connectivity index (χ2n) is 9.51. The van der Waals surface area contributed by atoms with Crippen molar-refractivity contribution in [2.24, 2.45) is 11.8 Å². The zero-order chi connectivity index (χ0) is 25.7. The van der Waals surface area contributed by atoms with E-state index >= 15 is 0 Å². The number of hydrogen-bond acceptors (Lipinski definition) is 6. The standard InChI is InChI=1S/C30H26N2O5/c1-36-20-12-13-23(37-2)22(16-20)28(33)27-25-24(26-21-11-7-6-10-19(21)14-15-31(26)27)29(34)32(30(25)35)17-18-8-4-3-5-9-18/h3-16,24-27H,17H2,1-2H3/t24-,25-,26+,27-/m0/s1. The maximum Gasteiger partial charge on any atom is 0.236 e. The van der Waals surface area contributed by atoms with Gasteiger partial charge in [0.25, 0.3) is 0 Å². The number of carbonyl (C=O) groups excluding carboxylic acids is 3. The number of likely N-dealkylation sites (tertiary alicyclic amines) is 1. The highest BCUT2D eigenvalue weighted by molar-refractivity contribution is 6.12. The van der Waals surface area contributed by atoms with Gasteiger partial charge in [0.15, 0.2) is 5.78 Å². The summed E-state index contributed by atoms with van der Waals surface area (Å²) in [6.45, 7) is 0.180. The first-order chi connectivity index (χ1) is 18.0. The minimum atomic E-state index is -0.863. The largest absolute Gasteiger partial charge is 0.497 e. The molecule has 6 rings (SSSR count). The van der Waals surface area contributed by atoms with Gasteiger partial charge in [-0.05, 0) is 41.0 Å². The molecule has 0 spiro atoms. The zero-order valence-electron chi connectivity index (χ0n) is 20.5. The average molecular weight is 495 g/mol. The van der Waals surface area contributed by atoms with Crippen LogP contribution < -0.4 is 9.47 Å². The topological polar surface area (TPSA) is 76.1 Å². The molecular formula is C30H26N2O5. The Morgan fingerprint density at radius 1 is 0.865 bits per heavy atom. The van der Waals surface area contributed by atoms with Crippen LogP contribution in [0, 0.1) is 11.8 Å². The molecule has 3 aromatic carbocycles. The third-order valence-corrected chi connectivity index (χ3v) is 7.68. The van der Waals surface area contributed by atoms with Crippen molar-refractivity contribution in [3.05, 3.63) is 101 Å². The number of rotatable bonds is 6. The van der Waals surface area contributed by atoms with Crippen molar-refractivity contribution in [1.29, 1.82) is 0 Å². The Balaban J connectivity index is 1.47. The first-order valence-corrected chi connectivity index (χ1v) is 12.2. The van der Waals surface area contributed by atoms with Crippen molar-refractivity contribution in [3.63, 3.8) is 0 Å². The van der Waals surface area contributed by atoms with Crippen molar-refractivity contribution in [1.82, 2.24) is 9.80 Å². The van der Waals surface area contributed by atoms with E-state index in [0.29, 0.717) is 17.1 Å². The minimum absolute atomic E-state index is 0.180. The fraction of sp³-hybridized carbons (Fsp3) is 0.233. The molecule has 3 heterocycles. The number of Topliss-reactive ketones (excluding diaryl/α,β-unsaturated/α-hetero) is 1. The highest BCUT2D eigenvalue weighted by atomic mass is 16.5. The maximum atomic E-state index is 14.2. The van der Waals surface area contributed by atoms with Crippen molar-refractivity contribution >= 4 is 23.7 Å². The summed E-state index contributed by atoms with van der Waals surface area (Å²) in [6.07, 6.45) is 3.79. The predicted molar refractivity (Wildman–Crippen MR) is 137 cm³/mol. The smallest absolute Gasteiger partial charge is 0.236 e. The Labute approximate surface area is 214 Å². The molecule has 0 saturated carbocycles. The fourth-order valence-corrected chi connectivity index (χ4v) is 6.01. The van der Waals surface area contributed by atoms with Crippen LogP contribution in [0.5, 0.6) is 11.5 Å². The SMILES string of the molecule is COc1ccc(OC)c(C(=O)[C@@H]2[C@H]3C(=O)N(Cc4ccccc4)C(=O)[C@@H]3[C@H]3c4ccccc4C=CN23)c1. The molecule has 186 valence electrons. The van der Waals surface area contributed by atoms with Crippen LogP contribution >= 0.6 is 0 Å². The molecular weight excluding hydrogens is 468 g/mol. The predicted octanol–water partition coefficient (Wildman–Crippen LogP) is 4.10. The Bertz CT molecular complexity index is 1430. The number of methoxy groups -OCH3 is 2. The summed E-state index contributed by atoms with van der Waals surface area (Å²) < 4.78 is 10.9. The number of nitrogens with zero attached hydrogens (tertiary/aromatic N) is 2. The van der Waals surface area contributed by atoms with E-state index in [1.165, 1.54) is 19.1 Å². The molecule has 7 heteroatoms. The fourth-order valence-electron chi connectivity index (χ4n) is 6.01. The lowest BCUT2D eigenvalue weighted by molar-refractivity contribution is -0.142. The minimum Gasteiger partial charge on any atom is -0.497 e. The summed E-state index contributed by atoms with van der Waals surface area (Å²) in [6, 6.07) is 21.0. The van der Waals surface area contributed by atoms with Gasteiger partial charge in [0.05, 0.1) is 44.2 Å². The Morgan fingerprint density at radius 3 is 2.35 bits per heavy atom. The number of fused-ring (bicyclic) bond motifs is 5. The van der Waals surface area contributed by atoms with E-state index in [4.69, 9.17) is 9.47 Å². The second kappa shape index (κ2) is 8.92. The van der Waals surface area contributed by atoms with E-state index in [9.17, 15) is 14.4 Å². The normalized spacial score (nSPS) is 23.5. The van der Waals surface area contributed by atoms with Gasteiger partial charge in [-0.3, -0.25) is 19.3 Å². The van der Waals surface area contributed by atoms with Gasteiger partial charge in [0.2, 0.25) is 11.8 Å². The van der Waals surface area contributed by atoms with Gasteiger partial charge in [0.1, 0.15) is 17.5 Å². The molecule has 0 aromatic heterocycles. The number of imide groups is 1. The maximum absolute atomic E-state index is 14.2. The van der Waals surface area contributed by atoms with E-state index in [-0.39, 0.29) is 24.1 Å². The lowest BCUT2D eigenvalue weighted by Gasteiger charge is -2.35. The van der Waals surface area contributed by atoms with Crippen LogP contribution in [0.3, 0.4) is 0 Å². The molecule has 37 heavy (non-hydrogen) atoms. The summed E-state index contributed by atoms with van der Waals surface area (Å²) >= 11 is 0. The Morgan fingerprint density at radius 2 is 1.59 bits per heavy atom. The Kier molecular flexibility index (Phi) is 5.56. The third-order valence-electron chi connectivity index (χ3n) is 7.68. The first-order valence-electron chi connectivity index (χ1n) is 12.2. The summed E-state index contributed by atoms with van der Waals surface area (Å²) in [5, 5.41) is 0. The van der Waals surface area contributed by atoms with E-state index in [2.05, 4.69) is 0 Å². The second-order valence-corrected chi connectivity index (χ2v) is 9.51. The third kappa shape index (κ3) is 3.53. The van der Waals surface area contributed by atoms with Crippen LogP contribution in [0.25, 0.3) is 6.08 Å². The summed E-state index contributed by atoms with van der Waals surface area (Å²) in [5.74, 6) is -1.43. The Hall–Kier alpha value is -4.39. The molecule has 3 aliphatic heterocycles. The van der Waals surface area contributed by atoms with Gasteiger partial charge >= 0.3 is 0 Å². The van der Waals surface area contributed by atoms with Crippen LogP contribution in [0.15, 0.2) is 79.0 Å². The summed E-state index contributed by atoms with van der Waals surface area (Å²) in [5.41, 5.74) is 3.11. The molecule has 4 atom stereocenters. The van der Waals surface area contributed by atoms with Gasteiger partial charge < -0.3 is 14.4 Å². The van der Waals surface area contributed by atoms with Crippen molar-refractivity contribution in [2.45, 2.75) is 18.6 Å². The number of ether oxygens (including phenoxy) is 2. The lowest BCUT2D eigenvalue weighted by Crippen LogP contribution is -2.44. The number of benzene rings is 3.